The number of halogens is 1. The topological polar surface area (TPSA) is 56.3 Å². The molecule has 3 rings (SSSR count). The molecular formula is C17H31ClN4O3. The molecule has 0 aliphatic carbocycles. The van der Waals surface area contributed by atoms with Gasteiger partial charge in [-0.05, 0) is 6.42 Å². The molecule has 2 amide bonds. The predicted octanol–water partition coefficient (Wildman–Crippen LogP) is -0.247. The fourth-order valence-corrected chi connectivity index (χ4v) is 3.78. The van der Waals surface area contributed by atoms with E-state index < -0.39 is 0 Å². The summed E-state index contributed by atoms with van der Waals surface area (Å²) in [4.78, 5) is 32.7. The third-order valence-electron chi connectivity index (χ3n) is 5.42. The number of amides is 2. The van der Waals surface area contributed by atoms with Gasteiger partial charge in [-0.1, -0.05) is 0 Å². The molecule has 0 aromatic rings. The van der Waals surface area contributed by atoms with E-state index >= 15 is 0 Å². The molecule has 0 N–H and O–H groups in total. The van der Waals surface area contributed by atoms with Crippen LogP contribution >= 0.6 is 12.4 Å². The molecule has 0 radical (unpaired) electrons. The summed E-state index contributed by atoms with van der Waals surface area (Å²) in [7, 11) is 1.78. The Morgan fingerprint density at radius 1 is 1.04 bits per heavy atom. The van der Waals surface area contributed by atoms with E-state index in [0.29, 0.717) is 13.0 Å². The first kappa shape index (κ1) is 20.4. The normalized spacial score (nSPS) is 26.4. The average molecular weight is 375 g/mol. The summed E-state index contributed by atoms with van der Waals surface area (Å²) in [6.45, 7) is 10.1. The van der Waals surface area contributed by atoms with Crippen LogP contribution in [-0.4, -0.2) is 111 Å². The van der Waals surface area contributed by atoms with Gasteiger partial charge < -0.3 is 14.5 Å². The van der Waals surface area contributed by atoms with Gasteiger partial charge in [0.15, 0.2) is 0 Å². The molecule has 3 heterocycles. The minimum absolute atomic E-state index is 0. The first-order chi connectivity index (χ1) is 11.6. The summed E-state index contributed by atoms with van der Waals surface area (Å²) < 4.78 is 5.49. The van der Waals surface area contributed by atoms with Crippen molar-refractivity contribution in [1.82, 2.24) is 19.6 Å². The fourth-order valence-electron chi connectivity index (χ4n) is 3.78. The van der Waals surface area contributed by atoms with E-state index in [1.54, 1.807) is 11.9 Å². The second kappa shape index (κ2) is 9.71. The highest BCUT2D eigenvalue weighted by atomic mass is 35.5. The SMILES string of the molecule is CN1CC(C(=O)N2CCN(CCN3CCCOCC3)CC2)CC1=O.Cl. The Morgan fingerprint density at radius 2 is 1.72 bits per heavy atom. The van der Waals surface area contributed by atoms with Crippen molar-refractivity contribution >= 4 is 24.2 Å². The molecule has 8 heteroatoms. The number of likely N-dealkylation sites (tertiary alicyclic amines) is 1. The molecule has 1 atom stereocenters. The number of hydrogen-bond acceptors (Lipinski definition) is 5. The van der Waals surface area contributed by atoms with Crippen molar-refractivity contribution < 1.29 is 14.3 Å². The zero-order valence-corrected chi connectivity index (χ0v) is 16.0. The van der Waals surface area contributed by atoms with Crippen molar-refractivity contribution in [2.45, 2.75) is 12.8 Å². The molecule has 3 fully saturated rings. The molecule has 25 heavy (non-hydrogen) atoms. The minimum atomic E-state index is -0.133. The molecule has 3 aliphatic rings. The number of hydrogen-bond donors (Lipinski definition) is 0. The predicted molar refractivity (Wildman–Crippen MR) is 97.9 cm³/mol. The third-order valence-corrected chi connectivity index (χ3v) is 5.42. The van der Waals surface area contributed by atoms with Crippen LogP contribution in [0.1, 0.15) is 12.8 Å². The molecule has 0 saturated carbocycles. The van der Waals surface area contributed by atoms with Crippen LogP contribution < -0.4 is 0 Å². The average Bonchev–Trinajstić information content (AvgIpc) is 2.80. The number of nitrogens with zero attached hydrogens (tertiary/aromatic N) is 4. The maximum Gasteiger partial charge on any atom is 0.228 e. The van der Waals surface area contributed by atoms with Gasteiger partial charge in [-0.3, -0.25) is 19.4 Å². The highest BCUT2D eigenvalue weighted by Crippen LogP contribution is 2.19. The number of carbonyl (C=O) groups is 2. The smallest absolute Gasteiger partial charge is 0.228 e. The second-order valence-corrected chi connectivity index (χ2v) is 7.15. The number of carbonyl (C=O) groups excluding carboxylic acids is 2. The Labute approximate surface area is 156 Å². The van der Waals surface area contributed by atoms with Gasteiger partial charge in [0.1, 0.15) is 0 Å². The number of piperazine rings is 1. The van der Waals surface area contributed by atoms with Crippen molar-refractivity contribution in [3.8, 4) is 0 Å². The van der Waals surface area contributed by atoms with Crippen LogP contribution in [0.3, 0.4) is 0 Å². The Kier molecular flexibility index (Phi) is 7.93. The van der Waals surface area contributed by atoms with E-state index in [2.05, 4.69) is 9.80 Å². The van der Waals surface area contributed by atoms with Crippen LogP contribution in [0.5, 0.6) is 0 Å². The van der Waals surface area contributed by atoms with E-state index in [0.717, 1.165) is 72.0 Å². The Balaban J connectivity index is 0.00000225. The number of rotatable bonds is 4. The third kappa shape index (κ3) is 5.54. The molecule has 144 valence electrons. The van der Waals surface area contributed by atoms with Crippen molar-refractivity contribution in [2.24, 2.45) is 5.92 Å². The van der Waals surface area contributed by atoms with Crippen molar-refractivity contribution in [3.05, 3.63) is 0 Å². The molecule has 0 aromatic carbocycles. The standard InChI is InChI=1S/C17H30N4O3.ClH/c1-18-14-15(13-16(18)22)17(23)21-8-6-20(7-9-21)5-4-19-3-2-11-24-12-10-19;/h15H,2-14H2,1H3;1H. The van der Waals surface area contributed by atoms with Gasteiger partial charge in [-0.15, -0.1) is 12.4 Å². The molecule has 3 saturated heterocycles. The molecule has 0 bridgehead atoms. The molecule has 0 spiro atoms. The van der Waals surface area contributed by atoms with E-state index in [1.807, 2.05) is 4.90 Å². The maximum absolute atomic E-state index is 12.5. The quantitative estimate of drug-likeness (QED) is 0.679. The summed E-state index contributed by atoms with van der Waals surface area (Å²) in [5, 5.41) is 0. The van der Waals surface area contributed by atoms with Gasteiger partial charge in [0.25, 0.3) is 0 Å². The highest BCUT2D eigenvalue weighted by molar-refractivity contribution is 5.89. The van der Waals surface area contributed by atoms with Gasteiger partial charge in [-0.2, -0.15) is 0 Å². The lowest BCUT2D eigenvalue weighted by molar-refractivity contribution is -0.137. The van der Waals surface area contributed by atoms with Gasteiger partial charge in [-0.25, -0.2) is 0 Å². The summed E-state index contributed by atoms with van der Waals surface area (Å²) in [6, 6.07) is 0. The van der Waals surface area contributed by atoms with Gasteiger partial charge in [0.2, 0.25) is 11.8 Å². The largest absolute Gasteiger partial charge is 0.380 e. The van der Waals surface area contributed by atoms with E-state index in [4.69, 9.17) is 4.74 Å². The molecule has 3 aliphatic heterocycles. The lowest BCUT2D eigenvalue weighted by Crippen LogP contribution is -2.51. The van der Waals surface area contributed by atoms with Crippen LogP contribution in [0.4, 0.5) is 0 Å². The van der Waals surface area contributed by atoms with Crippen LogP contribution in [0.15, 0.2) is 0 Å². The number of ether oxygens (including phenoxy) is 1. The Hall–Kier alpha value is -0.890. The minimum Gasteiger partial charge on any atom is -0.380 e. The van der Waals surface area contributed by atoms with Crippen molar-refractivity contribution in [3.63, 3.8) is 0 Å². The molecule has 7 nitrogen and oxygen atoms in total. The van der Waals surface area contributed by atoms with E-state index in [9.17, 15) is 9.59 Å². The molecule has 1 unspecified atom stereocenters. The maximum atomic E-state index is 12.5. The zero-order chi connectivity index (χ0) is 16.9. The summed E-state index contributed by atoms with van der Waals surface area (Å²) in [5.74, 6) is 0.122. The summed E-state index contributed by atoms with van der Waals surface area (Å²) >= 11 is 0. The lowest BCUT2D eigenvalue weighted by atomic mass is 10.1. The summed E-state index contributed by atoms with van der Waals surface area (Å²) in [6.07, 6.45) is 1.50. The van der Waals surface area contributed by atoms with Gasteiger partial charge >= 0.3 is 0 Å². The highest BCUT2D eigenvalue weighted by Gasteiger charge is 2.35. The van der Waals surface area contributed by atoms with Crippen LogP contribution in [0.25, 0.3) is 0 Å². The van der Waals surface area contributed by atoms with Crippen LogP contribution in [0, 0.1) is 5.92 Å². The van der Waals surface area contributed by atoms with E-state index in [1.165, 1.54) is 0 Å². The monoisotopic (exact) mass is 374 g/mol. The summed E-state index contributed by atoms with van der Waals surface area (Å²) in [5.41, 5.74) is 0. The Bertz CT molecular complexity index is 449. The van der Waals surface area contributed by atoms with Gasteiger partial charge in [0, 0.05) is 79.0 Å². The molecular weight excluding hydrogens is 344 g/mol. The lowest BCUT2D eigenvalue weighted by Gasteiger charge is -2.36. The van der Waals surface area contributed by atoms with Crippen molar-refractivity contribution in [2.75, 3.05) is 79.2 Å². The first-order valence-electron chi connectivity index (χ1n) is 9.18. The van der Waals surface area contributed by atoms with Crippen LogP contribution in [0.2, 0.25) is 0 Å². The van der Waals surface area contributed by atoms with Crippen molar-refractivity contribution in [1.29, 1.82) is 0 Å². The van der Waals surface area contributed by atoms with Crippen LogP contribution in [-0.2, 0) is 14.3 Å². The van der Waals surface area contributed by atoms with E-state index in [-0.39, 0.29) is 30.1 Å². The second-order valence-electron chi connectivity index (χ2n) is 7.15. The zero-order valence-electron chi connectivity index (χ0n) is 15.2. The van der Waals surface area contributed by atoms with Gasteiger partial charge in [0.05, 0.1) is 12.5 Å². The first-order valence-corrected chi connectivity index (χ1v) is 9.18. The molecule has 0 aromatic heterocycles. The fraction of sp³-hybridized carbons (Fsp3) is 0.882. The Morgan fingerprint density at radius 3 is 2.36 bits per heavy atom.